The molecule has 1 aliphatic carbocycles. The van der Waals surface area contributed by atoms with E-state index in [0.717, 1.165) is 18.4 Å². The maximum Gasteiger partial charge on any atom is 0.00536 e. The van der Waals surface area contributed by atoms with Crippen LogP contribution in [0, 0.1) is 5.92 Å². The van der Waals surface area contributed by atoms with Gasteiger partial charge in [-0.05, 0) is 62.4 Å². The van der Waals surface area contributed by atoms with Gasteiger partial charge >= 0.3 is 0 Å². The number of fused-ring (bicyclic) bond motifs is 1. The third kappa shape index (κ3) is 2.45. The maximum absolute atomic E-state index is 5.64. The predicted molar refractivity (Wildman–Crippen MR) is 75.7 cm³/mol. The van der Waals surface area contributed by atoms with Gasteiger partial charge in [0.05, 0.1) is 0 Å². The minimum absolute atomic E-state index is 0.798. The second-order valence-corrected chi connectivity index (χ2v) is 5.92. The van der Waals surface area contributed by atoms with Gasteiger partial charge in [-0.2, -0.15) is 0 Å². The van der Waals surface area contributed by atoms with E-state index in [-0.39, 0.29) is 0 Å². The van der Waals surface area contributed by atoms with Crippen molar-refractivity contribution in [2.75, 3.05) is 26.2 Å². The Hall–Kier alpha value is -0.860. The first-order valence-electron chi connectivity index (χ1n) is 7.37. The average Bonchev–Trinajstić information content (AvgIpc) is 2.38. The molecule has 0 radical (unpaired) electrons. The van der Waals surface area contributed by atoms with Gasteiger partial charge in [0.2, 0.25) is 0 Å². The first-order valence-corrected chi connectivity index (χ1v) is 7.37. The van der Waals surface area contributed by atoms with E-state index in [2.05, 4.69) is 29.2 Å². The maximum atomic E-state index is 5.64. The minimum Gasteiger partial charge on any atom is -0.330 e. The van der Waals surface area contributed by atoms with Crippen molar-refractivity contribution in [3.63, 3.8) is 0 Å². The number of benzene rings is 1. The number of hydrogen-bond acceptors (Lipinski definition) is 2. The molecule has 1 aromatic rings. The number of nitrogens with two attached hydrogens (primary N) is 1. The average molecular weight is 244 g/mol. The van der Waals surface area contributed by atoms with Gasteiger partial charge in [-0.1, -0.05) is 24.3 Å². The molecule has 0 spiro atoms. The second kappa shape index (κ2) is 5.41. The highest BCUT2D eigenvalue weighted by atomic mass is 15.1. The van der Waals surface area contributed by atoms with Gasteiger partial charge in [0, 0.05) is 12.5 Å². The third-order valence-corrected chi connectivity index (χ3v) is 4.72. The molecule has 1 fully saturated rings. The first kappa shape index (κ1) is 12.2. The van der Waals surface area contributed by atoms with E-state index < -0.39 is 0 Å². The van der Waals surface area contributed by atoms with E-state index in [1.807, 2.05) is 0 Å². The molecule has 2 heteroatoms. The van der Waals surface area contributed by atoms with Crippen LogP contribution in [0.15, 0.2) is 24.3 Å². The van der Waals surface area contributed by atoms with E-state index in [1.165, 1.54) is 45.3 Å². The predicted octanol–water partition coefficient (Wildman–Crippen LogP) is 2.39. The summed E-state index contributed by atoms with van der Waals surface area (Å²) in [4.78, 5) is 2.66. The number of piperidine rings is 1. The van der Waals surface area contributed by atoms with Crippen LogP contribution in [0.2, 0.25) is 0 Å². The largest absolute Gasteiger partial charge is 0.330 e. The normalized spacial score (nSPS) is 24.6. The monoisotopic (exact) mass is 244 g/mol. The SMILES string of the molecule is NCCC1CCN(CC2Cc3ccccc32)CC1. The molecule has 1 atom stereocenters. The quantitative estimate of drug-likeness (QED) is 0.881. The fourth-order valence-electron chi connectivity index (χ4n) is 3.53. The topological polar surface area (TPSA) is 29.3 Å². The van der Waals surface area contributed by atoms with Crippen molar-refractivity contribution in [2.45, 2.75) is 31.6 Å². The molecule has 0 saturated carbocycles. The molecule has 1 saturated heterocycles. The summed E-state index contributed by atoms with van der Waals surface area (Å²) >= 11 is 0. The fourth-order valence-corrected chi connectivity index (χ4v) is 3.53. The van der Waals surface area contributed by atoms with Crippen LogP contribution in [0.1, 0.15) is 36.3 Å². The summed E-state index contributed by atoms with van der Waals surface area (Å²) in [5.74, 6) is 1.69. The van der Waals surface area contributed by atoms with Gasteiger partial charge in [-0.25, -0.2) is 0 Å². The molecule has 2 aliphatic rings. The minimum atomic E-state index is 0.798. The van der Waals surface area contributed by atoms with Gasteiger partial charge < -0.3 is 10.6 Å². The van der Waals surface area contributed by atoms with Crippen molar-refractivity contribution >= 4 is 0 Å². The Bertz CT molecular complexity index is 394. The Morgan fingerprint density at radius 2 is 1.94 bits per heavy atom. The molecular weight excluding hydrogens is 220 g/mol. The van der Waals surface area contributed by atoms with Crippen molar-refractivity contribution < 1.29 is 0 Å². The molecule has 1 heterocycles. The van der Waals surface area contributed by atoms with Crippen LogP contribution in [-0.4, -0.2) is 31.1 Å². The zero-order valence-corrected chi connectivity index (χ0v) is 11.1. The summed E-state index contributed by atoms with van der Waals surface area (Å²) in [7, 11) is 0. The van der Waals surface area contributed by atoms with Crippen molar-refractivity contribution in [3.8, 4) is 0 Å². The molecule has 98 valence electrons. The molecule has 3 rings (SSSR count). The summed E-state index contributed by atoms with van der Waals surface area (Å²) in [6.45, 7) is 4.69. The summed E-state index contributed by atoms with van der Waals surface area (Å²) < 4.78 is 0. The van der Waals surface area contributed by atoms with Crippen molar-refractivity contribution in [2.24, 2.45) is 11.7 Å². The lowest BCUT2D eigenvalue weighted by Gasteiger charge is -2.38. The van der Waals surface area contributed by atoms with Gasteiger partial charge in [0.15, 0.2) is 0 Å². The van der Waals surface area contributed by atoms with Gasteiger partial charge in [0.1, 0.15) is 0 Å². The number of nitrogens with zero attached hydrogens (tertiary/aromatic N) is 1. The van der Waals surface area contributed by atoms with E-state index in [9.17, 15) is 0 Å². The Kier molecular flexibility index (Phi) is 3.67. The van der Waals surface area contributed by atoms with Crippen LogP contribution >= 0.6 is 0 Å². The number of likely N-dealkylation sites (tertiary alicyclic amines) is 1. The first-order chi connectivity index (χ1) is 8.86. The summed E-state index contributed by atoms with van der Waals surface area (Å²) in [6.07, 6.45) is 5.22. The molecule has 1 aliphatic heterocycles. The fraction of sp³-hybridized carbons (Fsp3) is 0.625. The number of hydrogen-bond donors (Lipinski definition) is 1. The molecular formula is C16H24N2. The van der Waals surface area contributed by atoms with Gasteiger partial charge in [0.25, 0.3) is 0 Å². The Balaban J connectivity index is 1.49. The highest BCUT2D eigenvalue weighted by Gasteiger charge is 2.28. The molecule has 0 amide bonds. The Morgan fingerprint density at radius 3 is 2.67 bits per heavy atom. The summed E-state index contributed by atoms with van der Waals surface area (Å²) in [6, 6.07) is 8.93. The lowest BCUT2D eigenvalue weighted by molar-refractivity contribution is 0.167. The van der Waals surface area contributed by atoms with Gasteiger partial charge in [-0.3, -0.25) is 0 Å². The van der Waals surface area contributed by atoms with Crippen LogP contribution < -0.4 is 5.73 Å². The van der Waals surface area contributed by atoms with Gasteiger partial charge in [-0.15, -0.1) is 0 Å². The summed E-state index contributed by atoms with van der Waals surface area (Å²) in [5, 5.41) is 0. The van der Waals surface area contributed by atoms with Crippen LogP contribution in [-0.2, 0) is 6.42 Å². The second-order valence-electron chi connectivity index (χ2n) is 5.92. The number of rotatable bonds is 4. The molecule has 18 heavy (non-hydrogen) atoms. The van der Waals surface area contributed by atoms with Crippen molar-refractivity contribution in [1.82, 2.24) is 4.90 Å². The van der Waals surface area contributed by atoms with Crippen LogP contribution in [0.4, 0.5) is 0 Å². The lowest BCUT2D eigenvalue weighted by atomic mass is 9.77. The van der Waals surface area contributed by atoms with Crippen LogP contribution in [0.25, 0.3) is 0 Å². The lowest BCUT2D eigenvalue weighted by Crippen LogP contribution is -2.39. The van der Waals surface area contributed by atoms with E-state index in [4.69, 9.17) is 5.73 Å². The van der Waals surface area contributed by atoms with Crippen molar-refractivity contribution in [1.29, 1.82) is 0 Å². The molecule has 2 nitrogen and oxygen atoms in total. The highest BCUT2D eigenvalue weighted by molar-refractivity contribution is 5.40. The van der Waals surface area contributed by atoms with Crippen LogP contribution in [0.3, 0.4) is 0 Å². The summed E-state index contributed by atoms with van der Waals surface area (Å²) in [5.41, 5.74) is 8.81. The van der Waals surface area contributed by atoms with Crippen LogP contribution in [0.5, 0.6) is 0 Å². The Morgan fingerprint density at radius 1 is 1.17 bits per heavy atom. The molecule has 2 N–H and O–H groups in total. The van der Waals surface area contributed by atoms with E-state index in [0.29, 0.717) is 0 Å². The molecule has 1 unspecified atom stereocenters. The molecule has 1 aromatic carbocycles. The Labute approximate surface area is 110 Å². The smallest absolute Gasteiger partial charge is 0.00536 e. The molecule has 0 bridgehead atoms. The zero-order chi connectivity index (χ0) is 12.4. The van der Waals surface area contributed by atoms with E-state index in [1.54, 1.807) is 11.1 Å². The van der Waals surface area contributed by atoms with Crippen molar-refractivity contribution in [3.05, 3.63) is 35.4 Å². The van der Waals surface area contributed by atoms with E-state index >= 15 is 0 Å². The highest BCUT2D eigenvalue weighted by Crippen LogP contribution is 2.36. The standard InChI is InChI=1S/C16H24N2/c17-8-5-13-6-9-18(10-7-13)12-15-11-14-3-1-2-4-16(14)15/h1-4,13,15H,5-12,17H2. The zero-order valence-electron chi connectivity index (χ0n) is 11.1. The third-order valence-electron chi connectivity index (χ3n) is 4.72. The molecule has 0 aromatic heterocycles.